The Hall–Kier alpha value is -0.500. The van der Waals surface area contributed by atoms with Crippen LogP contribution in [0.1, 0.15) is 43.7 Å². The Morgan fingerprint density at radius 3 is 2.38 bits per heavy atom. The Labute approximate surface area is 167 Å². The topological polar surface area (TPSA) is 24.5 Å². The zero-order chi connectivity index (χ0) is 17.9. The van der Waals surface area contributed by atoms with Crippen molar-refractivity contribution in [3.05, 3.63) is 28.2 Å². The molecule has 1 atom stereocenters. The molecule has 0 radical (unpaired) electrons. The number of nitrogens with one attached hydrogen (secondary N) is 1. The summed E-state index contributed by atoms with van der Waals surface area (Å²) in [5.41, 5.74) is 0.653. The van der Waals surface area contributed by atoms with E-state index in [2.05, 4.69) is 30.9 Å². The van der Waals surface area contributed by atoms with Crippen molar-refractivity contribution < 1.29 is 17.9 Å². The normalized spacial score (nSPS) is 21.1. The summed E-state index contributed by atoms with van der Waals surface area (Å²) in [5.74, 6) is 0.307. The number of ether oxygens (including phenoxy) is 1. The minimum Gasteiger partial charge on any atom is -0.405 e. The molecule has 1 N–H and O–H groups in total. The van der Waals surface area contributed by atoms with E-state index in [4.69, 9.17) is 0 Å². The molecule has 148 valence electrons. The van der Waals surface area contributed by atoms with Crippen molar-refractivity contribution in [2.45, 2.75) is 44.5 Å². The average Bonchev–Trinajstić information content (AvgIpc) is 2.58. The van der Waals surface area contributed by atoms with Crippen LogP contribution in [0.15, 0.2) is 22.7 Å². The van der Waals surface area contributed by atoms with Gasteiger partial charge in [0.15, 0.2) is 0 Å². The number of rotatable bonds is 4. The Kier molecular flexibility index (Phi) is 8.07. The van der Waals surface area contributed by atoms with Crippen LogP contribution in [0.4, 0.5) is 13.2 Å². The second-order valence-electron chi connectivity index (χ2n) is 6.86. The largest absolute Gasteiger partial charge is 0.573 e. The van der Waals surface area contributed by atoms with Gasteiger partial charge in [0.25, 0.3) is 0 Å². The lowest BCUT2D eigenvalue weighted by atomic mass is 9.80. The van der Waals surface area contributed by atoms with Gasteiger partial charge in [-0.3, -0.25) is 4.90 Å². The van der Waals surface area contributed by atoms with Crippen molar-refractivity contribution in [1.82, 2.24) is 10.2 Å². The molecule has 2 aliphatic rings. The Bertz CT molecular complexity index is 558. The second-order valence-corrected chi connectivity index (χ2v) is 7.77. The minimum absolute atomic E-state index is 0. The molecule has 3 rings (SSSR count). The van der Waals surface area contributed by atoms with E-state index in [1.165, 1.54) is 12.5 Å². The fraction of sp³-hybridized carbons (Fsp3) is 0.667. The van der Waals surface area contributed by atoms with Gasteiger partial charge in [-0.25, -0.2) is 0 Å². The van der Waals surface area contributed by atoms with Gasteiger partial charge in [0.05, 0.1) is 0 Å². The quantitative estimate of drug-likeness (QED) is 0.664. The van der Waals surface area contributed by atoms with E-state index in [0.29, 0.717) is 11.5 Å². The third kappa shape index (κ3) is 5.75. The van der Waals surface area contributed by atoms with E-state index >= 15 is 0 Å². The van der Waals surface area contributed by atoms with Crippen molar-refractivity contribution in [1.29, 1.82) is 0 Å². The van der Waals surface area contributed by atoms with Gasteiger partial charge in [-0.1, -0.05) is 35.2 Å². The third-order valence-electron chi connectivity index (χ3n) is 5.16. The second kappa shape index (κ2) is 9.62. The highest BCUT2D eigenvalue weighted by atomic mass is 79.9. The van der Waals surface area contributed by atoms with Gasteiger partial charge >= 0.3 is 6.36 Å². The van der Waals surface area contributed by atoms with Crippen LogP contribution in [-0.4, -0.2) is 37.4 Å². The van der Waals surface area contributed by atoms with Crippen molar-refractivity contribution in [3.8, 4) is 5.75 Å². The zero-order valence-electron chi connectivity index (χ0n) is 14.5. The molecule has 0 spiro atoms. The van der Waals surface area contributed by atoms with Crippen LogP contribution in [-0.2, 0) is 0 Å². The van der Waals surface area contributed by atoms with Crippen LogP contribution in [0.2, 0.25) is 0 Å². The number of benzene rings is 1. The molecule has 0 bridgehead atoms. The summed E-state index contributed by atoms with van der Waals surface area (Å²) in [6.07, 6.45) is 0.963. The maximum absolute atomic E-state index is 12.9. The first-order valence-electron chi connectivity index (χ1n) is 8.94. The molecule has 8 heteroatoms. The fourth-order valence-electron chi connectivity index (χ4n) is 4.13. The van der Waals surface area contributed by atoms with Gasteiger partial charge in [0.1, 0.15) is 5.75 Å². The highest BCUT2D eigenvalue weighted by Gasteiger charge is 2.37. The van der Waals surface area contributed by atoms with Crippen LogP contribution in [0.5, 0.6) is 5.75 Å². The van der Waals surface area contributed by atoms with Crippen LogP contribution < -0.4 is 10.1 Å². The van der Waals surface area contributed by atoms with E-state index in [1.54, 1.807) is 6.07 Å². The number of hydrogen-bond acceptors (Lipinski definition) is 3. The highest BCUT2D eigenvalue weighted by Crippen LogP contribution is 2.43. The number of piperazine rings is 1. The number of alkyl halides is 3. The molecule has 1 aromatic carbocycles. The molecular formula is C18H25BrClF3N2O. The molecular weight excluding hydrogens is 433 g/mol. The predicted molar refractivity (Wildman–Crippen MR) is 102 cm³/mol. The third-order valence-corrected chi connectivity index (χ3v) is 5.65. The van der Waals surface area contributed by atoms with Crippen LogP contribution in [0, 0.1) is 5.92 Å². The molecule has 3 nitrogen and oxygen atoms in total. The van der Waals surface area contributed by atoms with E-state index in [1.807, 2.05) is 6.07 Å². The summed E-state index contributed by atoms with van der Waals surface area (Å²) in [6, 6.07) is 4.82. The standard InChI is InChI=1S/C18H24BrF3N2O.ClH/c19-14-6-7-16(25-18(20,21)22)15(12-14)17(13-4-2-1-3-5-13)24-10-8-23-9-11-24;/h6-7,12-13,17,23H,1-5,8-11H2;1H/t17-;/m0./s1. The zero-order valence-corrected chi connectivity index (χ0v) is 16.9. The minimum atomic E-state index is -4.68. The smallest absolute Gasteiger partial charge is 0.405 e. The van der Waals surface area contributed by atoms with E-state index in [9.17, 15) is 13.2 Å². The van der Waals surface area contributed by atoms with Crippen molar-refractivity contribution >= 4 is 28.3 Å². The van der Waals surface area contributed by atoms with E-state index < -0.39 is 6.36 Å². The molecule has 2 fully saturated rings. The van der Waals surface area contributed by atoms with E-state index in [0.717, 1.165) is 56.3 Å². The van der Waals surface area contributed by atoms with Crippen LogP contribution in [0.25, 0.3) is 0 Å². The first-order chi connectivity index (χ1) is 11.9. The lowest BCUT2D eigenvalue weighted by Gasteiger charge is -2.41. The highest BCUT2D eigenvalue weighted by molar-refractivity contribution is 9.10. The maximum Gasteiger partial charge on any atom is 0.573 e. The summed E-state index contributed by atoms with van der Waals surface area (Å²) in [7, 11) is 0. The summed E-state index contributed by atoms with van der Waals surface area (Å²) in [4.78, 5) is 2.33. The van der Waals surface area contributed by atoms with E-state index in [-0.39, 0.29) is 24.2 Å². The maximum atomic E-state index is 12.9. The van der Waals surface area contributed by atoms with Crippen LogP contribution in [0.3, 0.4) is 0 Å². The molecule has 1 aromatic rings. The van der Waals surface area contributed by atoms with Crippen molar-refractivity contribution in [2.75, 3.05) is 26.2 Å². The van der Waals surface area contributed by atoms with Crippen molar-refractivity contribution in [3.63, 3.8) is 0 Å². The average molecular weight is 458 g/mol. The summed E-state index contributed by atoms with van der Waals surface area (Å²) < 4.78 is 43.9. The summed E-state index contributed by atoms with van der Waals surface area (Å²) >= 11 is 3.42. The van der Waals surface area contributed by atoms with Gasteiger partial charge in [-0.2, -0.15) is 0 Å². The van der Waals surface area contributed by atoms with Gasteiger partial charge in [0.2, 0.25) is 0 Å². The molecule has 26 heavy (non-hydrogen) atoms. The number of nitrogens with zero attached hydrogens (tertiary/aromatic N) is 1. The van der Waals surface area contributed by atoms with Gasteiger partial charge in [-0.15, -0.1) is 25.6 Å². The summed E-state index contributed by atoms with van der Waals surface area (Å²) in [5, 5.41) is 3.33. The predicted octanol–water partition coefficient (Wildman–Crippen LogP) is 5.30. The summed E-state index contributed by atoms with van der Waals surface area (Å²) in [6.45, 7) is 3.43. The molecule has 1 aliphatic carbocycles. The molecule has 1 saturated carbocycles. The Balaban J connectivity index is 0.00000243. The van der Waals surface area contributed by atoms with Crippen molar-refractivity contribution in [2.24, 2.45) is 5.92 Å². The molecule has 1 heterocycles. The lowest BCUT2D eigenvalue weighted by Crippen LogP contribution is -2.47. The molecule has 0 amide bonds. The number of hydrogen-bond donors (Lipinski definition) is 1. The Morgan fingerprint density at radius 1 is 1.12 bits per heavy atom. The fourth-order valence-corrected chi connectivity index (χ4v) is 4.51. The van der Waals surface area contributed by atoms with Gasteiger partial charge in [-0.05, 0) is 37.0 Å². The SMILES string of the molecule is Cl.FC(F)(F)Oc1ccc(Br)cc1[C@H](C1CCCCC1)N1CCNCC1. The molecule has 0 aromatic heterocycles. The van der Waals surface area contributed by atoms with Crippen LogP contribution >= 0.6 is 28.3 Å². The van der Waals surface area contributed by atoms with Gasteiger partial charge < -0.3 is 10.1 Å². The van der Waals surface area contributed by atoms with Gasteiger partial charge in [0, 0.05) is 42.3 Å². The first kappa shape index (κ1) is 21.8. The monoisotopic (exact) mass is 456 g/mol. The number of halogens is 5. The molecule has 1 aliphatic heterocycles. The molecule has 0 unspecified atom stereocenters. The Morgan fingerprint density at radius 2 is 1.77 bits per heavy atom. The molecule has 1 saturated heterocycles. The first-order valence-corrected chi connectivity index (χ1v) is 9.73. The lowest BCUT2D eigenvalue weighted by molar-refractivity contribution is -0.275.